The Morgan fingerprint density at radius 3 is 2.71 bits per heavy atom. The van der Waals surface area contributed by atoms with Crippen molar-refractivity contribution in [3.63, 3.8) is 0 Å². The van der Waals surface area contributed by atoms with Crippen molar-refractivity contribution in [2.24, 2.45) is 17.0 Å². The molecule has 1 saturated heterocycles. The highest BCUT2D eigenvalue weighted by atomic mass is 16.4. The normalized spacial score (nSPS) is 45.4. The van der Waals surface area contributed by atoms with Gasteiger partial charge in [0.1, 0.15) is 0 Å². The van der Waals surface area contributed by atoms with Crippen LogP contribution in [0.5, 0.6) is 0 Å². The molecule has 0 aromatic carbocycles. The van der Waals surface area contributed by atoms with Crippen molar-refractivity contribution in [3.8, 4) is 0 Å². The van der Waals surface area contributed by atoms with E-state index in [0.717, 1.165) is 11.6 Å². The smallest absolute Gasteiger partial charge is 0.0775 e. The zero-order valence-corrected chi connectivity index (χ0v) is 8.52. The van der Waals surface area contributed by atoms with Crippen LogP contribution >= 0.6 is 0 Å². The van der Waals surface area contributed by atoms with Crippen molar-refractivity contribution < 1.29 is 5.21 Å². The van der Waals surface area contributed by atoms with E-state index in [9.17, 15) is 0 Å². The van der Waals surface area contributed by atoms with Crippen molar-refractivity contribution in [2.45, 2.75) is 38.1 Å². The van der Waals surface area contributed by atoms with Gasteiger partial charge in [-0.25, -0.2) is 0 Å². The molecule has 0 aromatic heterocycles. The van der Waals surface area contributed by atoms with Gasteiger partial charge in [-0.1, -0.05) is 5.16 Å². The molecule has 0 spiro atoms. The predicted octanol–water partition coefficient (Wildman–Crippen LogP) is 1.71. The van der Waals surface area contributed by atoms with Gasteiger partial charge in [0.05, 0.1) is 11.8 Å². The quantitative estimate of drug-likeness (QED) is 0.509. The number of fused-ring (bicyclic) bond motifs is 2. The van der Waals surface area contributed by atoms with Crippen LogP contribution in [0.3, 0.4) is 0 Å². The summed E-state index contributed by atoms with van der Waals surface area (Å²) in [6, 6.07) is 0.501. The molecule has 0 radical (unpaired) electrons. The first-order valence-corrected chi connectivity index (χ1v) is 5.86. The van der Waals surface area contributed by atoms with E-state index in [1.54, 1.807) is 0 Å². The zero-order chi connectivity index (χ0) is 9.54. The first-order chi connectivity index (χ1) is 6.90. The maximum atomic E-state index is 9.08. The summed E-state index contributed by atoms with van der Waals surface area (Å²) in [7, 11) is 0. The average molecular weight is 194 g/mol. The van der Waals surface area contributed by atoms with E-state index in [2.05, 4.69) is 10.1 Å². The van der Waals surface area contributed by atoms with Crippen LogP contribution in [0.15, 0.2) is 5.16 Å². The summed E-state index contributed by atoms with van der Waals surface area (Å²) in [6.07, 6.45) is 6.54. The van der Waals surface area contributed by atoms with Crippen LogP contribution in [0.1, 0.15) is 32.1 Å². The lowest BCUT2D eigenvalue weighted by Gasteiger charge is -2.31. The summed E-state index contributed by atoms with van der Waals surface area (Å²) in [4.78, 5) is 2.54. The Morgan fingerprint density at radius 2 is 2.00 bits per heavy atom. The van der Waals surface area contributed by atoms with E-state index in [4.69, 9.17) is 5.21 Å². The highest BCUT2D eigenvalue weighted by Crippen LogP contribution is 2.45. The fourth-order valence-electron chi connectivity index (χ4n) is 3.70. The van der Waals surface area contributed by atoms with Crippen LogP contribution < -0.4 is 0 Å². The Labute approximate surface area is 84.8 Å². The summed E-state index contributed by atoms with van der Waals surface area (Å²) < 4.78 is 0. The minimum Gasteiger partial charge on any atom is -0.411 e. The molecule has 2 bridgehead atoms. The summed E-state index contributed by atoms with van der Waals surface area (Å²) >= 11 is 0. The predicted molar refractivity (Wildman–Crippen MR) is 54.6 cm³/mol. The third-order valence-electron chi connectivity index (χ3n) is 4.29. The van der Waals surface area contributed by atoms with Crippen molar-refractivity contribution >= 4 is 5.71 Å². The Morgan fingerprint density at radius 1 is 1.21 bits per heavy atom. The van der Waals surface area contributed by atoms with Gasteiger partial charge in [0.15, 0.2) is 0 Å². The third kappa shape index (κ3) is 1.11. The first kappa shape index (κ1) is 8.72. The molecule has 3 heteroatoms. The second-order valence-electron chi connectivity index (χ2n) is 4.98. The van der Waals surface area contributed by atoms with Crippen LogP contribution in [-0.2, 0) is 0 Å². The fraction of sp³-hybridized carbons (Fsp3) is 0.909. The van der Waals surface area contributed by atoms with Crippen LogP contribution in [0, 0.1) is 11.8 Å². The molecule has 1 N–H and O–H groups in total. The molecule has 3 aliphatic rings. The van der Waals surface area contributed by atoms with Gasteiger partial charge in [-0.15, -0.1) is 0 Å². The number of hydrogen-bond acceptors (Lipinski definition) is 3. The molecule has 78 valence electrons. The lowest BCUT2D eigenvalue weighted by molar-refractivity contribution is 0.230. The first-order valence-electron chi connectivity index (χ1n) is 5.86. The van der Waals surface area contributed by atoms with Gasteiger partial charge in [0.25, 0.3) is 0 Å². The van der Waals surface area contributed by atoms with Crippen LogP contribution in [-0.4, -0.2) is 35.0 Å². The van der Waals surface area contributed by atoms with E-state index < -0.39 is 0 Å². The Balaban J connectivity index is 1.83. The van der Waals surface area contributed by atoms with Gasteiger partial charge in [-0.3, -0.25) is 4.90 Å². The Hall–Kier alpha value is -0.570. The van der Waals surface area contributed by atoms with E-state index in [-0.39, 0.29) is 0 Å². The number of rotatable bonds is 1. The maximum absolute atomic E-state index is 9.08. The summed E-state index contributed by atoms with van der Waals surface area (Å²) in [5.74, 6) is 1.40. The monoisotopic (exact) mass is 194 g/mol. The molecule has 14 heavy (non-hydrogen) atoms. The van der Waals surface area contributed by atoms with Crippen LogP contribution in [0.4, 0.5) is 0 Å². The molecular weight excluding hydrogens is 176 g/mol. The van der Waals surface area contributed by atoms with E-state index in [0.29, 0.717) is 12.0 Å². The SMILES string of the molecule is O/N=C1/[C@H]2CC[C@@H](C2)[C@H]1N1CCCC1. The van der Waals surface area contributed by atoms with E-state index >= 15 is 0 Å². The number of likely N-dealkylation sites (tertiary alicyclic amines) is 1. The molecule has 1 aliphatic heterocycles. The summed E-state index contributed by atoms with van der Waals surface area (Å²) in [5.41, 5.74) is 1.10. The molecule has 1 heterocycles. The van der Waals surface area contributed by atoms with Gasteiger partial charge in [-0.2, -0.15) is 0 Å². The lowest BCUT2D eigenvalue weighted by atomic mass is 9.92. The summed E-state index contributed by atoms with van der Waals surface area (Å²) in [5, 5.41) is 12.7. The molecule has 0 unspecified atom stereocenters. The second kappa shape index (κ2) is 3.23. The maximum Gasteiger partial charge on any atom is 0.0775 e. The van der Waals surface area contributed by atoms with Crippen molar-refractivity contribution in [3.05, 3.63) is 0 Å². The zero-order valence-electron chi connectivity index (χ0n) is 8.52. The number of oxime groups is 1. The topological polar surface area (TPSA) is 35.8 Å². The molecular formula is C11H18N2O. The molecule has 0 aromatic rings. The molecule has 2 aliphatic carbocycles. The standard InChI is InChI=1S/C11H18N2O/c14-12-10-8-3-4-9(7-8)11(10)13-5-1-2-6-13/h8-9,11,14H,1-7H2/b12-10-/t8-,9-,11+/m0/s1. The van der Waals surface area contributed by atoms with Gasteiger partial charge in [-0.05, 0) is 51.1 Å². The molecule has 3 atom stereocenters. The van der Waals surface area contributed by atoms with Crippen molar-refractivity contribution in [1.82, 2.24) is 4.90 Å². The number of hydrogen-bond donors (Lipinski definition) is 1. The molecule has 3 fully saturated rings. The largest absolute Gasteiger partial charge is 0.411 e. The fourth-order valence-corrected chi connectivity index (χ4v) is 3.70. The third-order valence-corrected chi connectivity index (χ3v) is 4.29. The van der Waals surface area contributed by atoms with Gasteiger partial charge >= 0.3 is 0 Å². The van der Waals surface area contributed by atoms with E-state index in [1.807, 2.05) is 0 Å². The highest BCUT2D eigenvalue weighted by molar-refractivity contribution is 5.94. The molecule has 2 saturated carbocycles. The minimum atomic E-state index is 0.501. The average Bonchev–Trinajstić information content (AvgIpc) is 2.92. The van der Waals surface area contributed by atoms with Crippen molar-refractivity contribution in [1.29, 1.82) is 0 Å². The van der Waals surface area contributed by atoms with E-state index in [1.165, 1.54) is 45.2 Å². The highest BCUT2D eigenvalue weighted by Gasteiger charge is 2.48. The molecule has 3 rings (SSSR count). The van der Waals surface area contributed by atoms with Gasteiger partial charge in [0, 0.05) is 5.92 Å². The summed E-state index contributed by atoms with van der Waals surface area (Å²) in [6.45, 7) is 2.43. The molecule has 0 amide bonds. The van der Waals surface area contributed by atoms with Crippen molar-refractivity contribution in [2.75, 3.05) is 13.1 Å². The Bertz CT molecular complexity index is 258. The van der Waals surface area contributed by atoms with Crippen LogP contribution in [0.25, 0.3) is 0 Å². The van der Waals surface area contributed by atoms with Crippen LogP contribution in [0.2, 0.25) is 0 Å². The van der Waals surface area contributed by atoms with Gasteiger partial charge < -0.3 is 5.21 Å². The minimum absolute atomic E-state index is 0.501. The lowest BCUT2D eigenvalue weighted by Crippen LogP contribution is -2.43. The second-order valence-corrected chi connectivity index (χ2v) is 4.98. The number of nitrogens with zero attached hydrogens (tertiary/aromatic N) is 2. The molecule has 3 nitrogen and oxygen atoms in total. The van der Waals surface area contributed by atoms with Gasteiger partial charge in [0.2, 0.25) is 0 Å². The Kier molecular flexibility index (Phi) is 2.01.